The summed E-state index contributed by atoms with van der Waals surface area (Å²) in [5.74, 6) is 0.125. The molecule has 0 aromatic carbocycles. The molecule has 0 spiro atoms. The standard InChI is InChI=1S/C9H16N2O/c1-3-4-5-6-8-7(2)10-11-9(8)12/h8H,3-6H2,1-2H3,(H,11,12)/t8-/m1/s1. The fourth-order valence-corrected chi connectivity index (χ4v) is 1.43. The van der Waals surface area contributed by atoms with Crippen molar-refractivity contribution in [2.45, 2.75) is 39.5 Å². The number of rotatable bonds is 4. The summed E-state index contributed by atoms with van der Waals surface area (Å²) in [5.41, 5.74) is 3.44. The Morgan fingerprint density at radius 3 is 2.75 bits per heavy atom. The number of unbranched alkanes of at least 4 members (excludes halogenated alkanes) is 2. The van der Waals surface area contributed by atoms with Gasteiger partial charge in [-0.05, 0) is 13.3 Å². The van der Waals surface area contributed by atoms with E-state index in [0.29, 0.717) is 0 Å². The zero-order valence-corrected chi connectivity index (χ0v) is 7.76. The Morgan fingerprint density at radius 2 is 2.25 bits per heavy atom. The maximum Gasteiger partial charge on any atom is 0.248 e. The summed E-state index contributed by atoms with van der Waals surface area (Å²) in [4.78, 5) is 11.2. The highest BCUT2D eigenvalue weighted by molar-refractivity contribution is 6.06. The Balaban J connectivity index is 2.31. The highest BCUT2D eigenvalue weighted by Gasteiger charge is 2.25. The summed E-state index contributed by atoms with van der Waals surface area (Å²) in [6, 6.07) is 0. The quantitative estimate of drug-likeness (QED) is 0.638. The molecule has 0 aliphatic carbocycles. The molecular weight excluding hydrogens is 152 g/mol. The minimum Gasteiger partial charge on any atom is -0.272 e. The fraction of sp³-hybridized carbons (Fsp3) is 0.778. The van der Waals surface area contributed by atoms with Crippen molar-refractivity contribution in [2.75, 3.05) is 0 Å². The van der Waals surface area contributed by atoms with Crippen LogP contribution in [0.25, 0.3) is 0 Å². The largest absolute Gasteiger partial charge is 0.272 e. The molecule has 0 saturated heterocycles. The van der Waals surface area contributed by atoms with E-state index in [0.717, 1.165) is 18.6 Å². The Labute approximate surface area is 73.2 Å². The molecule has 0 fully saturated rings. The molecule has 68 valence electrons. The summed E-state index contributed by atoms with van der Waals surface area (Å²) in [6.45, 7) is 4.07. The first-order valence-electron chi connectivity index (χ1n) is 4.59. The number of amides is 1. The van der Waals surface area contributed by atoms with Crippen LogP contribution in [0.15, 0.2) is 5.10 Å². The van der Waals surface area contributed by atoms with E-state index >= 15 is 0 Å². The van der Waals surface area contributed by atoms with Crippen molar-refractivity contribution in [3.05, 3.63) is 0 Å². The average Bonchev–Trinajstić information content (AvgIpc) is 2.35. The molecule has 1 N–H and O–H groups in total. The summed E-state index contributed by atoms with van der Waals surface area (Å²) in [7, 11) is 0. The lowest BCUT2D eigenvalue weighted by atomic mass is 9.97. The maximum absolute atomic E-state index is 11.2. The lowest BCUT2D eigenvalue weighted by Gasteiger charge is -2.05. The molecule has 1 aliphatic heterocycles. The van der Waals surface area contributed by atoms with Gasteiger partial charge < -0.3 is 0 Å². The molecule has 1 atom stereocenters. The van der Waals surface area contributed by atoms with E-state index in [9.17, 15) is 4.79 Å². The van der Waals surface area contributed by atoms with Gasteiger partial charge in [0.2, 0.25) is 5.91 Å². The molecule has 0 saturated carbocycles. The van der Waals surface area contributed by atoms with Crippen molar-refractivity contribution >= 4 is 11.6 Å². The number of hydrogen-bond acceptors (Lipinski definition) is 2. The van der Waals surface area contributed by atoms with E-state index in [1.54, 1.807) is 0 Å². The van der Waals surface area contributed by atoms with Crippen molar-refractivity contribution in [1.82, 2.24) is 5.43 Å². The number of hydrogen-bond donors (Lipinski definition) is 1. The van der Waals surface area contributed by atoms with Crippen LogP contribution in [0.4, 0.5) is 0 Å². The van der Waals surface area contributed by atoms with Crippen molar-refractivity contribution in [2.24, 2.45) is 11.0 Å². The van der Waals surface area contributed by atoms with Crippen LogP contribution in [0.5, 0.6) is 0 Å². The molecule has 0 radical (unpaired) electrons. The van der Waals surface area contributed by atoms with Gasteiger partial charge in [-0.15, -0.1) is 0 Å². The average molecular weight is 168 g/mol. The van der Waals surface area contributed by atoms with E-state index in [2.05, 4.69) is 17.5 Å². The first kappa shape index (κ1) is 9.23. The zero-order valence-electron chi connectivity index (χ0n) is 7.76. The van der Waals surface area contributed by atoms with Crippen molar-refractivity contribution in [3.63, 3.8) is 0 Å². The molecule has 0 aromatic rings. The highest BCUT2D eigenvalue weighted by Crippen LogP contribution is 2.15. The second-order valence-corrected chi connectivity index (χ2v) is 3.28. The van der Waals surface area contributed by atoms with Crippen molar-refractivity contribution in [3.8, 4) is 0 Å². The van der Waals surface area contributed by atoms with Gasteiger partial charge in [0.1, 0.15) is 0 Å². The van der Waals surface area contributed by atoms with E-state index in [1.165, 1.54) is 12.8 Å². The van der Waals surface area contributed by atoms with Crippen LogP contribution in [0.1, 0.15) is 39.5 Å². The minimum atomic E-state index is 0.0524. The van der Waals surface area contributed by atoms with Crippen LogP contribution in [0.2, 0.25) is 0 Å². The van der Waals surface area contributed by atoms with Gasteiger partial charge in [0, 0.05) is 5.71 Å². The van der Waals surface area contributed by atoms with Gasteiger partial charge in [-0.2, -0.15) is 5.10 Å². The normalized spacial score (nSPS) is 22.3. The number of nitrogens with zero attached hydrogens (tertiary/aromatic N) is 1. The third kappa shape index (κ3) is 2.06. The van der Waals surface area contributed by atoms with Crippen molar-refractivity contribution < 1.29 is 4.79 Å². The molecule has 3 nitrogen and oxygen atoms in total. The van der Waals surface area contributed by atoms with Gasteiger partial charge in [-0.3, -0.25) is 4.79 Å². The lowest BCUT2D eigenvalue weighted by molar-refractivity contribution is -0.122. The molecule has 0 unspecified atom stereocenters. The van der Waals surface area contributed by atoms with Gasteiger partial charge in [-0.1, -0.05) is 26.2 Å². The highest BCUT2D eigenvalue weighted by atomic mass is 16.2. The van der Waals surface area contributed by atoms with Crippen LogP contribution < -0.4 is 5.43 Å². The number of carbonyl (C=O) groups excluding carboxylic acids is 1. The van der Waals surface area contributed by atoms with E-state index in [1.807, 2.05) is 6.92 Å². The first-order valence-corrected chi connectivity index (χ1v) is 4.59. The van der Waals surface area contributed by atoms with Crippen LogP contribution in [0.3, 0.4) is 0 Å². The van der Waals surface area contributed by atoms with Gasteiger partial charge in [0.25, 0.3) is 0 Å². The monoisotopic (exact) mass is 168 g/mol. The van der Waals surface area contributed by atoms with Crippen LogP contribution in [-0.4, -0.2) is 11.6 Å². The Kier molecular flexibility index (Phi) is 3.26. The second kappa shape index (κ2) is 4.24. The van der Waals surface area contributed by atoms with Gasteiger partial charge >= 0.3 is 0 Å². The van der Waals surface area contributed by atoms with Gasteiger partial charge in [0.05, 0.1) is 5.92 Å². The van der Waals surface area contributed by atoms with Crippen LogP contribution >= 0.6 is 0 Å². The third-order valence-corrected chi connectivity index (χ3v) is 2.26. The van der Waals surface area contributed by atoms with E-state index < -0.39 is 0 Å². The molecule has 3 heteroatoms. The predicted molar refractivity (Wildman–Crippen MR) is 48.9 cm³/mol. The number of carbonyl (C=O) groups is 1. The Morgan fingerprint density at radius 1 is 1.50 bits per heavy atom. The molecule has 0 aromatic heterocycles. The smallest absolute Gasteiger partial charge is 0.248 e. The first-order chi connectivity index (χ1) is 5.75. The van der Waals surface area contributed by atoms with E-state index in [-0.39, 0.29) is 11.8 Å². The third-order valence-electron chi connectivity index (χ3n) is 2.26. The zero-order chi connectivity index (χ0) is 8.97. The maximum atomic E-state index is 11.2. The number of hydrazone groups is 1. The van der Waals surface area contributed by atoms with Gasteiger partial charge in [0.15, 0.2) is 0 Å². The molecule has 1 heterocycles. The fourth-order valence-electron chi connectivity index (χ4n) is 1.43. The summed E-state index contributed by atoms with van der Waals surface area (Å²) >= 11 is 0. The van der Waals surface area contributed by atoms with Crippen LogP contribution in [0, 0.1) is 5.92 Å². The minimum absolute atomic E-state index is 0.0524. The molecular formula is C9H16N2O. The lowest BCUT2D eigenvalue weighted by Crippen LogP contribution is -2.21. The Hall–Kier alpha value is -0.860. The summed E-state index contributed by atoms with van der Waals surface area (Å²) in [5, 5.41) is 3.89. The van der Waals surface area contributed by atoms with Crippen LogP contribution in [-0.2, 0) is 4.79 Å². The van der Waals surface area contributed by atoms with Gasteiger partial charge in [-0.25, -0.2) is 5.43 Å². The molecule has 1 aliphatic rings. The predicted octanol–water partition coefficient (Wildman–Crippen LogP) is 1.69. The Bertz CT molecular complexity index is 199. The van der Waals surface area contributed by atoms with Crippen molar-refractivity contribution in [1.29, 1.82) is 0 Å². The SMILES string of the molecule is CCCCC[C@H]1C(=O)NN=C1C. The molecule has 12 heavy (non-hydrogen) atoms. The molecule has 1 rings (SSSR count). The summed E-state index contributed by atoms with van der Waals surface area (Å²) in [6.07, 6.45) is 4.48. The second-order valence-electron chi connectivity index (χ2n) is 3.28. The summed E-state index contributed by atoms with van der Waals surface area (Å²) < 4.78 is 0. The van der Waals surface area contributed by atoms with E-state index in [4.69, 9.17) is 0 Å². The molecule has 1 amide bonds. The topological polar surface area (TPSA) is 41.5 Å². The molecule has 0 bridgehead atoms. The number of nitrogens with one attached hydrogen (secondary N) is 1.